The highest BCUT2D eigenvalue weighted by molar-refractivity contribution is 5.44. The highest BCUT2D eigenvalue weighted by Gasteiger charge is 2.36. The number of fused-ring (bicyclic) bond motifs is 1. The normalized spacial score (nSPS) is 16.6. The summed E-state index contributed by atoms with van der Waals surface area (Å²) in [6.45, 7) is 5.87. The molecule has 0 spiro atoms. The van der Waals surface area contributed by atoms with Crippen molar-refractivity contribution in [2.45, 2.75) is 58.0 Å². The standard InChI is InChI=1S/C15H19F3/c1-14(2,3)11-8-10-6-4-5-7-12(10)13(9-11)15(16,17)18/h8-9H,4-7H2,1-3H3. The summed E-state index contributed by atoms with van der Waals surface area (Å²) in [6.07, 6.45) is -1.03. The molecular formula is C15H19F3. The van der Waals surface area contributed by atoms with Crippen molar-refractivity contribution >= 4 is 0 Å². The van der Waals surface area contributed by atoms with Crippen LogP contribution in [0, 0.1) is 0 Å². The Balaban J connectivity index is 2.63. The van der Waals surface area contributed by atoms with Gasteiger partial charge in [-0.1, -0.05) is 26.8 Å². The molecule has 1 aromatic rings. The van der Waals surface area contributed by atoms with Crippen LogP contribution in [0.4, 0.5) is 13.2 Å². The van der Waals surface area contributed by atoms with E-state index in [1.807, 2.05) is 26.8 Å². The number of halogens is 3. The lowest BCUT2D eigenvalue weighted by atomic mass is 9.80. The molecule has 0 saturated carbocycles. The fourth-order valence-electron chi connectivity index (χ4n) is 2.55. The maximum Gasteiger partial charge on any atom is 0.416 e. The smallest absolute Gasteiger partial charge is 0.166 e. The van der Waals surface area contributed by atoms with E-state index in [2.05, 4.69) is 0 Å². The molecule has 100 valence electrons. The monoisotopic (exact) mass is 256 g/mol. The van der Waals surface area contributed by atoms with Gasteiger partial charge in [-0.05, 0) is 53.9 Å². The summed E-state index contributed by atoms with van der Waals surface area (Å²) in [5.74, 6) is 0. The molecule has 1 aromatic carbocycles. The maximum atomic E-state index is 13.1. The molecule has 0 radical (unpaired) electrons. The van der Waals surface area contributed by atoms with Gasteiger partial charge in [0, 0.05) is 0 Å². The topological polar surface area (TPSA) is 0 Å². The van der Waals surface area contributed by atoms with E-state index in [0.29, 0.717) is 12.0 Å². The minimum atomic E-state index is -4.23. The highest BCUT2D eigenvalue weighted by Crippen LogP contribution is 2.39. The van der Waals surface area contributed by atoms with E-state index in [4.69, 9.17) is 0 Å². The van der Waals surface area contributed by atoms with Crippen molar-refractivity contribution in [3.8, 4) is 0 Å². The second-order valence-electron chi connectivity index (χ2n) is 6.12. The molecule has 0 aromatic heterocycles. The van der Waals surface area contributed by atoms with E-state index in [1.165, 1.54) is 6.07 Å². The van der Waals surface area contributed by atoms with E-state index in [0.717, 1.165) is 30.4 Å². The lowest BCUT2D eigenvalue weighted by Crippen LogP contribution is -2.19. The van der Waals surface area contributed by atoms with Crippen molar-refractivity contribution in [3.05, 3.63) is 34.4 Å². The van der Waals surface area contributed by atoms with Gasteiger partial charge < -0.3 is 0 Å². The van der Waals surface area contributed by atoms with Crippen molar-refractivity contribution < 1.29 is 13.2 Å². The Morgan fingerprint density at radius 3 is 2.11 bits per heavy atom. The van der Waals surface area contributed by atoms with E-state index in [1.54, 1.807) is 0 Å². The zero-order valence-corrected chi connectivity index (χ0v) is 11.1. The first-order chi connectivity index (χ1) is 8.19. The Morgan fingerprint density at radius 1 is 0.944 bits per heavy atom. The molecule has 0 aliphatic heterocycles. The third-order valence-corrected chi connectivity index (χ3v) is 3.64. The molecule has 0 fully saturated rings. The molecule has 0 N–H and O–H groups in total. The van der Waals surface area contributed by atoms with Gasteiger partial charge in [0.2, 0.25) is 0 Å². The zero-order valence-electron chi connectivity index (χ0n) is 11.1. The minimum absolute atomic E-state index is 0.244. The first-order valence-corrected chi connectivity index (χ1v) is 6.43. The number of rotatable bonds is 0. The van der Waals surface area contributed by atoms with Crippen LogP contribution < -0.4 is 0 Å². The second-order valence-corrected chi connectivity index (χ2v) is 6.12. The number of alkyl halides is 3. The van der Waals surface area contributed by atoms with Crippen molar-refractivity contribution in [3.63, 3.8) is 0 Å². The van der Waals surface area contributed by atoms with E-state index in [-0.39, 0.29) is 5.41 Å². The molecular weight excluding hydrogens is 237 g/mol. The summed E-state index contributed by atoms with van der Waals surface area (Å²) in [5.41, 5.74) is 1.56. The minimum Gasteiger partial charge on any atom is -0.166 e. The Hall–Kier alpha value is -0.990. The summed E-state index contributed by atoms with van der Waals surface area (Å²) in [5, 5.41) is 0. The van der Waals surface area contributed by atoms with Gasteiger partial charge in [0.25, 0.3) is 0 Å². The van der Waals surface area contributed by atoms with Crippen LogP contribution in [0.25, 0.3) is 0 Å². The molecule has 18 heavy (non-hydrogen) atoms. The van der Waals surface area contributed by atoms with E-state index >= 15 is 0 Å². The first kappa shape index (κ1) is 13.4. The molecule has 0 bridgehead atoms. The van der Waals surface area contributed by atoms with Gasteiger partial charge in [0.05, 0.1) is 5.56 Å². The number of aryl methyl sites for hydroxylation is 1. The largest absolute Gasteiger partial charge is 0.416 e. The lowest BCUT2D eigenvalue weighted by molar-refractivity contribution is -0.138. The Kier molecular flexibility index (Phi) is 3.20. The average molecular weight is 256 g/mol. The zero-order chi connectivity index (χ0) is 13.6. The predicted octanol–water partition coefficient (Wildman–Crippen LogP) is 4.88. The van der Waals surface area contributed by atoms with Crippen LogP contribution in [0.1, 0.15) is 55.9 Å². The molecule has 0 amide bonds. The average Bonchev–Trinajstić information content (AvgIpc) is 2.25. The van der Waals surface area contributed by atoms with Crippen LogP contribution in [-0.2, 0) is 24.4 Å². The summed E-state index contributed by atoms with van der Waals surface area (Å²) in [6, 6.07) is 3.33. The molecule has 1 aliphatic rings. The van der Waals surface area contributed by atoms with Crippen molar-refractivity contribution in [2.75, 3.05) is 0 Å². The van der Waals surface area contributed by atoms with Crippen LogP contribution >= 0.6 is 0 Å². The Bertz CT molecular complexity index is 450. The molecule has 2 rings (SSSR count). The Morgan fingerprint density at radius 2 is 1.56 bits per heavy atom. The highest BCUT2D eigenvalue weighted by atomic mass is 19.4. The van der Waals surface area contributed by atoms with Gasteiger partial charge >= 0.3 is 6.18 Å². The van der Waals surface area contributed by atoms with Crippen LogP contribution in [0.5, 0.6) is 0 Å². The van der Waals surface area contributed by atoms with Gasteiger partial charge in [-0.3, -0.25) is 0 Å². The van der Waals surface area contributed by atoms with Crippen molar-refractivity contribution in [1.82, 2.24) is 0 Å². The van der Waals surface area contributed by atoms with E-state index in [9.17, 15) is 13.2 Å². The Labute approximate surface area is 106 Å². The maximum absolute atomic E-state index is 13.1. The fraction of sp³-hybridized carbons (Fsp3) is 0.600. The number of benzene rings is 1. The van der Waals surface area contributed by atoms with Gasteiger partial charge in [-0.25, -0.2) is 0 Å². The van der Waals surface area contributed by atoms with Crippen molar-refractivity contribution in [1.29, 1.82) is 0 Å². The second kappa shape index (κ2) is 4.29. The third-order valence-electron chi connectivity index (χ3n) is 3.64. The quantitative estimate of drug-likeness (QED) is 0.620. The van der Waals surface area contributed by atoms with Gasteiger partial charge in [0.15, 0.2) is 0 Å². The van der Waals surface area contributed by atoms with Gasteiger partial charge in [-0.2, -0.15) is 13.2 Å². The summed E-state index contributed by atoms with van der Waals surface area (Å²) >= 11 is 0. The van der Waals surface area contributed by atoms with E-state index < -0.39 is 11.7 Å². The summed E-state index contributed by atoms with van der Waals surface area (Å²) in [7, 11) is 0. The van der Waals surface area contributed by atoms with Crippen LogP contribution in [0.3, 0.4) is 0 Å². The third kappa shape index (κ3) is 2.55. The van der Waals surface area contributed by atoms with Crippen LogP contribution in [0.15, 0.2) is 12.1 Å². The molecule has 3 heteroatoms. The number of hydrogen-bond donors (Lipinski definition) is 0. The first-order valence-electron chi connectivity index (χ1n) is 6.43. The molecule has 0 nitrogen and oxygen atoms in total. The fourth-order valence-corrected chi connectivity index (χ4v) is 2.55. The number of hydrogen-bond acceptors (Lipinski definition) is 0. The lowest BCUT2D eigenvalue weighted by Gasteiger charge is -2.27. The SMILES string of the molecule is CC(C)(C)c1cc2c(c(C(F)(F)F)c1)CCCC2. The molecule has 0 atom stereocenters. The predicted molar refractivity (Wildman–Crippen MR) is 66.8 cm³/mol. The molecule has 1 aliphatic carbocycles. The molecule has 0 heterocycles. The van der Waals surface area contributed by atoms with Gasteiger partial charge in [0.1, 0.15) is 0 Å². The molecule has 0 unspecified atom stereocenters. The van der Waals surface area contributed by atoms with Crippen LogP contribution in [-0.4, -0.2) is 0 Å². The summed E-state index contributed by atoms with van der Waals surface area (Å²) < 4.78 is 39.4. The van der Waals surface area contributed by atoms with Crippen molar-refractivity contribution in [2.24, 2.45) is 0 Å². The summed E-state index contributed by atoms with van der Waals surface area (Å²) in [4.78, 5) is 0. The molecule has 0 saturated heterocycles. The van der Waals surface area contributed by atoms with Crippen LogP contribution in [0.2, 0.25) is 0 Å². The van der Waals surface area contributed by atoms with Gasteiger partial charge in [-0.15, -0.1) is 0 Å².